The third kappa shape index (κ3) is 4.27. The largest absolute Gasteiger partial charge is 0.493 e. The van der Waals surface area contributed by atoms with Crippen LogP contribution >= 0.6 is 0 Å². The van der Waals surface area contributed by atoms with Crippen molar-refractivity contribution >= 4 is 18.1 Å². The second-order valence-corrected chi connectivity index (χ2v) is 6.10. The van der Waals surface area contributed by atoms with Crippen molar-refractivity contribution in [3.63, 3.8) is 0 Å². The van der Waals surface area contributed by atoms with Gasteiger partial charge in [0.1, 0.15) is 0 Å². The molecule has 1 fully saturated rings. The fourth-order valence-electron chi connectivity index (χ4n) is 2.81. The third-order valence-corrected chi connectivity index (χ3v) is 4.18. The van der Waals surface area contributed by atoms with E-state index in [0.717, 1.165) is 6.42 Å². The van der Waals surface area contributed by atoms with Crippen LogP contribution in [-0.2, 0) is 9.59 Å². The molecule has 0 aromatic heterocycles. The lowest BCUT2D eigenvalue weighted by molar-refractivity contribution is -0.132. The van der Waals surface area contributed by atoms with Crippen molar-refractivity contribution in [3.05, 3.63) is 59.7 Å². The standard InChI is InChI=1S/C20H20N2O4/c1-13(23)26-18-9-8-14(10-19(18)25-2)12-21-22-20(24)17-11-16(17)15-6-4-3-5-7-15/h3-10,12,16-17H,11H2,1-2H3,(H,22,24). The van der Waals surface area contributed by atoms with Crippen LogP contribution in [0.5, 0.6) is 11.5 Å². The lowest BCUT2D eigenvalue weighted by Crippen LogP contribution is -2.20. The first kappa shape index (κ1) is 17.7. The van der Waals surface area contributed by atoms with E-state index in [1.807, 2.05) is 30.3 Å². The summed E-state index contributed by atoms with van der Waals surface area (Å²) in [6.45, 7) is 1.32. The number of carbonyl (C=O) groups is 2. The Kier molecular flexibility index (Phi) is 5.31. The van der Waals surface area contributed by atoms with Gasteiger partial charge in [0.2, 0.25) is 5.91 Å². The van der Waals surface area contributed by atoms with Crippen molar-refractivity contribution in [3.8, 4) is 11.5 Å². The van der Waals surface area contributed by atoms with Gasteiger partial charge >= 0.3 is 5.97 Å². The summed E-state index contributed by atoms with van der Waals surface area (Å²) in [6.07, 6.45) is 2.37. The van der Waals surface area contributed by atoms with E-state index in [1.165, 1.54) is 25.8 Å². The van der Waals surface area contributed by atoms with Crippen LogP contribution in [0, 0.1) is 5.92 Å². The van der Waals surface area contributed by atoms with Crippen molar-refractivity contribution in [2.45, 2.75) is 19.3 Å². The predicted molar refractivity (Wildman–Crippen MR) is 97.3 cm³/mol. The molecule has 0 saturated heterocycles. The Bertz CT molecular complexity index is 833. The number of hydrogen-bond acceptors (Lipinski definition) is 5. The topological polar surface area (TPSA) is 77.0 Å². The summed E-state index contributed by atoms with van der Waals surface area (Å²) in [5, 5.41) is 4.01. The summed E-state index contributed by atoms with van der Waals surface area (Å²) >= 11 is 0. The molecule has 26 heavy (non-hydrogen) atoms. The number of nitrogens with one attached hydrogen (secondary N) is 1. The molecule has 6 nitrogen and oxygen atoms in total. The number of hydrogen-bond donors (Lipinski definition) is 1. The van der Waals surface area contributed by atoms with Crippen LogP contribution in [0.4, 0.5) is 0 Å². The van der Waals surface area contributed by atoms with E-state index in [2.05, 4.69) is 10.5 Å². The molecule has 1 aliphatic carbocycles. The van der Waals surface area contributed by atoms with Crippen LogP contribution in [-0.4, -0.2) is 25.2 Å². The maximum Gasteiger partial charge on any atom is 0.308 e. The van der Waals surface area contributed by atoms with Crippen molar-refractivity contribution in [2.24, 2.45) is 11.0 Å². The Morgan fingerprint density at radius 3 is 2.62 bits per heavy atom. The number of ether oxygens (including phenoxy) is 2. The normalized spacial score (nSPS) is 18.4. The minimum absolute atomic E-state index is 0.0320. The Morgan fingerprint density at radius 2 is 1.92 bits per heavy atom. The van der Waals surface area contributed by atoms with E-state index in [-0.39, 0.29) is 17.7 Å². The molecule has 134 valence electrons. The molecule has 1 amide bonds. The number of benzene rings is 2. The zero-order valence-corrected chi connectivity index (χ0v) is 14.6. The first-order chi connectivity index (χ1) is 12.6. The minimum atomic E-state index is -0.422. The van der Waals surface area contributed by atoms with Gasteiger partial charge in [-0.1, -0.05) is 30.3 Å². The average molecular weight is 352 g/mol. The van der Waals surface area contributed by atoms with Gasteiger partial charge in [-0.15, -0.1) is 0 Å². The number of methoxy groups -OCH3 is 1. The summed E-state index contributed by atoms with van der Waals surface area (Å²) in [7, 11) is 1.49. The number of carbonyl (C=O) groups excluding carboxylic acids is 2. The van der Waals surface area contributed by atoms with E-state index >= 15 is 0 Å². The highest BCUT2D eigenvalue weighted by Crippen LogP contribution is 2.47. The quantitative estimate of drug-likeness (QED) is 0.375. The molecule has 1 N–H and O–H groups in total. The van der Waals surface area contributed by atoms with Gasteiger partial charge in [-0.3, -0.25) is 9.59 Å². The number of nitrogens with zero attached hydrogens (tertiary/aromatic N) is 1. The Labute approximate surface area is 151 Å². The summed E-state index contributed by atoms with van der Waals surface area (Å²) in [4.78, 5) is 23.2. The zero-order valence-electron chi connectivity index (χ0n) is 14.6. The van der Waals surface area contributed by atoms with Crippen LogP contribution in [0.3, 0.4) is 0 Å². The number of amides is 1. The van der Waals surface area contributed by atoms with Crippen LogP contribution in [0.15, 0.2) is 53.6 Å². The SMILES string of the molecule is COc1cc(C=NNC(=O)C2CC2c2ccccc2)ccc1OC(C)=O. The van der Waals surface area contributed by atoms with Gasteiger partial charge in [-0.25, -0.2) is 5.43 Å². The molecule has 0 radical (unpaired) electrons. The highest BCUT2D eigenvalue weighted by atomic mass is 16.6. The van der Waals surface area contributed by atoms with E-state index in [4.69, 9.17) is 9.47 Å². The highest BCUT2D eigenvalue weighted by molar-refractivity contribution is 5.86. The van der Waals surface area contributed by atoms with Crippen molar-refractivity contribution < 1.29 is 19.1 Å². The molecule has 0 heterocycles. The molecule has 1 aliphatic rings. The van der Waals surface area contributed by atoms with E-state index in [0.29, 0.717) is 17.1 Å². The third-order valence-electron chi connectivity index (χ3n) is 4.18. The first-order valence-corrected chi connectivity index (χ1v) is 8.33. The van der Waals surface area contributed by atoms with Crippen LogP contribution < -0.4 is 14.9 Å². The molecular formula is C20H20N2O4. The Balaban J connectivity index is 1.57. The van der Waals surface area contributed by atoms with Gasteiger partial charge in [-0.2, -0.15) is 5.10 Å². The van der Waals surface area contributed by atoms with Crippen molar-refractivity contribution in [1.29, 1.82) is 0 Å². The van der Waals surface area contributed by atoms with Gasteiger partial charge in [0, 0.05) is 12.8 Å². The molecule has 1 saturated carbocycles. The molecular weight excluding hydrogens is 332 g/mol. The van der Waals surface area contributed by atoms with Gasteiger partial charge in [0.15, 0.2) is 11.5 Å². The van der Waals surface area contributed by atoms with Gasteiger partial charge in [0.25, 0.3) is 0 Å². The Hall–Kier alpha value is -3.15. The highest BCUT2D eigenvalue weighted by Gasteiger charge is 2.43. The van der Waals surface area contributed by atoms with Crippen molar-refractivity contribution in [2.75, 3.05) is 7.11 Å². The van der Waals surface area contributed by atoms with E-state index in [1.54, 1.807) is 18.2 Å². The summed E-state index contributed by atoms with van der Waals surface area (Å²) in [5.74, 6) is 0.490. The van der Waals surface area contributed by atoms with Gasteiger partial charge < -0.3 is 9.47 Å². The molecule has 2 aromatic carbocycles. The molecule has 2 unspecified atom stereocenters. The van der Waals surface area contributed by atoms with Crippen LogP contribution in [0.25, 0.3) is 0 Å². The summed E-state index contributed by atoms with van der Waals surface area (Å²) < 4.78 is 10.2. The molecule has 0 spiro atoms. The summed E-state index contributed by atoms with van der Waals surface area (Å²) in [6, 6.07) is 15.0. The second-order valence-electron chi connectivity index (χ2n) is 6.10. The molecule has 2 atom stereocenters. The molecule has 0 bridgehead atoms. The lowest BCUT2D eigenvalue weighted by Gasteiger charge is -2.08. The zero-order chi connectivity index (χ0) is 18.5. The molecule has 6 heteroatoms. The van der Waals surface area contributed by atoms with Crippen molar-refractivity contribution in [1.82, 2.24) is 5.43 Å². The fraction of sp³-hybridized carbons (Fsp3) is 0.250. The number of hydrazone groups is 1. The van der Waals surface area contributed by atoms with Crippen LogP contribution in [0.2, 0.25) is 0 Å². The number of esters is 1. The van der Waals surface area contributed by atoms with E-state index in [9.17, 15) is 9.59 Å². The molecule has 2 aromatic rings. The summed E-state index contributed by atoms with van der Waals surface area (Å²) in [5.41, 5.74) is 4.48. The van der Waals surface area contributed by atoms with Gasteiger partial charge in [-0.05, 0) is 41.7 Å². The minimum Gasteiger partial charge on any atom is -0.493 e. The van der Waals surface area contributed by atoms with E-state index < -0.39 is 5.97 Å². The van der Waals surface area contributed by atoms with Crippen LogP contribution in [0.1, 0.15) is 30.4 Å². The molecule has 3 rings (SSSR count). The second kappa shape index (κ2) is 7.82. The predicted octanol–water partition coefficient (Wildman–Crippen LogP) is 2.87. The Morgan fingerprint density at radius 1 is 1.15 bits per heavy atom. The maximum atomic E-state index is 12.2. The fourth-order valence-corrected chi connectivity index (χ4v) is 2.81. The molecule has 0 aliphatic heterocycles. The first-order valence-electron chi connectivity index (χ1n) is 8.33. The smallest absolute Gasteiger partial charge is 0.308 e. The average Bonchev–Trinajstić information content (AvgIpc) is 3.44. The lowest BCUT2D eigenvalue weighted by atomic mass is 10.1. The maximum absolute atomic E-state index is 12.2. The monoisotopic (exact) mass is 352 g/mol. The van der Waals surface area contributed by atoms with Gasteiger partial charge in [0.05, 0.1) is 13.3 Å². The number of rotatable bonds is 6.